The Kier molecular flexibility index (Phi) is 8.99. The molecule has 0 fully saturated rings. The molecule has 30 heavy (non-hydrogen) atoms. The van der Waals surface area contributed by atoms with Crippen LogP contribution in [0.2, 0.25) is 0 Å². The van der Waals surface area contributed by atoms with E-state index in [4.69, 9.17) is 9.84 Å². The number of amides is 1. The summed E-state index contributed by atoms with van der Waals surface area (Å²) >= 11 is 1.61. The van der Waals surface area contributed by atoms with Crippen molar-refractivity contribution >= 4 is 29.2 Å². The first kappa shape index (κ1) is 23.5. The van der Waals surface area contributed by atoms with E-state index in [2.05, 4.69) is 19.1 Å². The summed E-state index contributed by atoms with van der Waals surface area (Å²) in [6.45, 7) is 8.75. The van der Waals surface area contributed by atoms with Gasteiger partial charge in [-0.25, -0.2) is 4.79 Å². The lowest BCUT2D eigenvalue weighted by atomic mass is 10.1. The van der Waals surface area contributed by atoms with Crippen LogP contribution in [0, 0.1) is 0 Å². The number of carbonyl (C=O) groups is 2. The molecule has 0 aliphatic carbocycles. The van der Waals surface area contributed by atoms with Crippen LogP contribution in [0.3, 0.4) is 0 Å². The first-order chi connectivity index (χ1) is 14.3. The van der Waals surface area contributed by atoms with Crippen molar-refractivity contribution in [3.63, 3.8) is 0 Å². The van der Waals surface area contributed by atoms with E-state index in [-0.39, 0.29) is 11.2 Å². The fraction of sp³-hybridized carbons (Fsp3) is 0.333. The van der Waals surface area contributed by atoms with Gasteiger partial charge in [0, 0.05) is 24.4 Å². The quantitative estimate of drug-likeness (QED) is 0.413. The molecule has 1 amide bonds. The summed E-state index contributed by atoms with van der Waals surface area (Å²) in [6.07, 6.45) is 1.61. The third-order valence-corrected chi connectivity index (χ3v) is 5.95. The summed E-state index contributed by atoms with van der Waals surface area (Å²) in [7, 11) is 0. The lowest BCUT2D eigenvalue weighted by Crippen LogP contribution is -2.28. The number of carboxylic acids is 1. The molecule has 2 rings (SSSR count). The molecule has 2 aromatic carbocycles. The minimum atomic E-state index is -1.03. The van der Waals surface area contributed by atoms with Crippen LogP contribution in [0.25, 0.3) is 5.57 Å². The highest BCUT2D eigenvalue weighted by molar-refractivity contribution is 7.99. The second kappa shape index (κ2) is 11.5. The largest absolute Gasteiger partial charge is 0.481 e. The Bertz CT molecular complexity index is 891. The van der Waals surface area contributed by atoms with Crippen LogP contribution in [0.15, 0.2) is 59.5 Å². The number of carboxylic acid groups (broad SMARTS) is 1. The summed E-state index contributed by atoms with van der Waals surface area (Å²) in [5, 5.41) is 9.22. The van der Waals surface area contributed by atoms with E-state index in [1.807, 2.05) is 57.2 Å². The van der Waals surface area contributed by atoms with Crippen molar-refractivity contribution in [2.45, 2.75) is 37.8 Å². The Balaban J connectivity index is 2.30. The molecule has 5 nitrogen and oxygen atoms in total. The van der Waals surface area contributed by atoms with E-state index in [0.29, 0.717) is 18.8 Å². The number of rotatable bonds is 10. The predicted octanol–water partition coefficient (Wildman–Crippen LogP) is 5.28. The van der Waals surface area contributed by atoms with Crippen molar-refractivity contribution in [3.8, 4) is 5.75 Å². The topological polar surface area (TPSA) is 66.8 Å². The van der Waals surface area contributed by atoms with Gasteiger partial charge >= 0.3 is 5.97 Å². The molecule has 0 heterocycles. The van der Waals surface area contributed by atoms with Gasteiger partial charge in [-0.2, -0.15) is 0 Å². The van der Waals surface area contributed by atoms with E-state index < -0.39 is 12.6 Å². The Morgan fingerprint density at radius 3 is 2.40 bits per heavy atom. The number of allylic oxidation sites excluding steroid dienone is 1. The molecule has 2 aromatic rings. The molecule has 1 N–H and O–H groups in total. The monoisotopic (exact) mass is 427 g/mol. The Labute approximate surface area is 182 Å². The molecule has 0 radical (unpaired) electrons. The van der Waals surface area contributed by atoms with Crippen molar-refractivity contribution in [1.29, 1.82) is 0 Å². The second-order valence-electron chi connectivity index (χ2n) is 6.85. The number of benzene rings is 2. The van der Waals surface area contributed by atoms with Gasteiger partial charge in [0.1, 0.15) is 5.75 Å². The van der Waals surface area contributed by atoms with Gasteiger partial charge in [-0.05, 0) is 56.5 Å². The zero-order valence-electron chi connectivity index (χ0n) is 17.9. The molecular formula is C24H29NO4S. The summed E-state index contributed by atoms with van der Waals surface area (Å²) in [6, 6.07) is 15.8. The first-order valence-corrected chi connectivity index (χ1v) is 10.9. The second-order valence-corrected chi connectivity index (χ2v) is 8.24. The SMILES string of the molecule is CCN(CC)C(=O)C=C(C)c1ccc(SC(C)c2ccccc2)c(OCC(=O)O)c1. The number of hydrogen-bond donors (Lipinski definition) is 1. The summed E-state index contributed by atoms with van der Waals surface area (Å²) < 4.78 is 5.58. The molecule has 6 heteroatoms. The van der Waals surface area contributed by atoms with Gasteiger partial charge in [0.25, 0.3) is 0 Å². The molecule has 0 saturated carbocycles. The minimum absolute atomic E-state index is 0.0401. The molecular weight excluding hydrogens is 398 g/mol. The molecule has 0 bridgehead atoms. The molecule has 0 spiro atoms. The van der Waals surface area contributed by atoms with Crippen molar-refractivity contribution in [2.24, 2.45) is 0 Å². The lowest BCUT2D eigenvalue weighted by molar-refractivity contribution is -0.139. The Morgan fingerprint density at radius 2 is 1.80 bits per heavy atom. The zero-order chi connectivity index (χ0) is 22.1. The fourth-order valence-corrected chi connectivity index (χ4v) is 4.04. The average Bonchev–Trinajstić information content (AvgIpc) is 2.74. The highest BCUT2D eigenvalue weighted by Crippen LogP contribution is 2.40. The number of aliphatic carboxylic acids is 1. The normalized spacial score (nSPS) is 12.3. The number of nitrogens with zero attached hydrogens (tertiary/aromatic N) is 1. The summed E-state index contributed by atoms with van der Waals surface area (Å²) in [5.74, 6) is -0.566. The van der Waals surface area contributed by atoms with Crippen molar-refractivity contribution in [1.82, 2.24) is 4.90 Å². The smallest absolute Gasteiger partial charge is 0.341 e. The highest BCUT2D eigenvalue weighted by atomic mass is 32.2. The van der Waals surface area contributed by atoms with Gasteiger partial charge in [0.05, 0.1) is 4.90 Å². The highest BCUT2D eigenvalue weighted by Gasteiger charge is 2.15. The zero-order valence-corrected chi connectivity index (χ0v) is 18.7. The number of ether oxygens (including phenoxy) is 1. The van der Waals surface area contributed by atoms with Crippen LogP contribution in [-0.2, 0) is 9.59 Å². The van der Waals surface area contributed by atoms with Crippen LogP contribution in [0.1, 0.15) is 44.1 Å². The molecule has 0 aliphatic rings. The fourth-order valence-electron chi connectivity index (χ4n) is 2.98. The van der Waals surface area contributed by atoms with Gasteiger partial charge in [-0.15, -0.1) is 11.8 Å². The number of hydrogen-bond acceptors (Lipinski definition) is 4. The van der Waals surface area contributed by atoms with Crippen molar-refractivity contribution in [3.05, 3.63) is 65.7 Å². The maximum Gasteiger partial charge on any atom is 0.341 e. The number of likely N-dealkylation sites (N-methyl/N-ethyl adjacent to an activating group) is 1. The van der Waals surface area contributed by atoms with Gasteiger partial charge in [-0.1, -0.05) is 36.4 Å². The van der Waals surface area contributed by atoms with Crippen LogP contribution in [0.4, 0.5) is 0 Å². The van der Waals surface area contributed by atoms with E-state index in [1.165, 1.54) is 5.56 Å². The third kappa shape index (κ3) is 6.66. The van der Waals surface area contributed by atoms with Crippen LogP contribution >= 0.6 is 11.8 Å². The van der Waals surface area contributed by atoms with Crippen molar-refractivity contribution in [2.75, 3.05) is 19.7 Å². The summed E-state index contributed by atoms with van der Waals surface area (Å²) in [4.78, 5) is 26.0. The van der Waals surface area contributed by atoms with Gasteiger partial charge < -0.3 is 14.7 Å². The molecule has 160 valence electrons. The van der Waals surface area contributed by atoms with E-state index >= 15 is 0 Å². The number of thioether (sulfide) groups is 1. The number of carbonyl (C=O) groups excluding carboxylic acids is 1. The molecule has 0 aliphatic heterocycles. The van der Waals surface area contributed by atoms with Crippen LogP contribution in [-0.4, -0.2) is 41.6 Å². The Morgan fingerprint density at radius 1 is 1.13 bits per heavy atom. The van der Waals surface area contributed by atoms with Gasteiger partial charge in [0.15, 0.2) is 6.61 Å². The molecule has 1 atom stereocenters. The molecule has 0 saturated heterocycles. The van der Waals surface area contributed by atoms with Gasteiger partial charge in [-0.3, -0.25) is 4.79 Å². The van der Waals surface area contributed by atoms with E-state index in [9.17, 15) is 9.59 Å². The minimum Gasteiger partial charge on any atom is -0.481 e. The average molecular weight is 428 g/mol. The van der Waals surface area contributed by atoms with Crippen LogP contribution in [0.5, 0.6) is 5.75 Å². The van der Waals surface area contributed by atoms with E-state index in [1.54, 1.807) is 22.7 Å². The van der Waals surface area contributed by atoms with Gasteiger partial charge in [0.2, 0.25) is 5.91 Å². The first-order valence-electron chi connectivity index (χ1n) is 10.0. The summed E-state index contributed by atoms with van der Waals surface area (Å²) in [5.41, 5.74) is 2.81. The lowest BCUT2D eigenvalue weighted by Gasteiger charge is -2.18. The predicted molar refractivity (Wildman–Crippen MR) is 122 cm³/mol. The van der Waals surface area contributed by atoms with Crippen LogP contribution < -0.4 is 4.74 Å². The third-order valence-electron chi connectivity index (χ3n) is 4.74. The maximum atomic E-state index is 12.4. The molecule has 0 aromatic heterocycles. The molecule has 1 unspecified atom stereocenters. The van der Waals surface area contributed by atoms with E-state index in [0.717, 1.165) is 16.0 Å². The Hall–Kier alpha value is -2.73. The van der Waals surface area contributed by atoms with Crippen molar-refractivity contribution < 1.29 is 19.4 Å². The standard InChI is InChI=1S/C24H29NO4S/c1-5-25(6-2)23(26)14-17(3)20-12-13-22(21(15-20)29-16-24(27)28)30-18(4)19-10-8-7-9-11-19/h7-15,18H,5-6,16H2,1-4H3,(H,27,28). The maximum absolute atomic E-state index is 12.4.